The SMILES string of the molecule is CCC1(C)CC(NC(=O)C(=O)O)C(C)C(C)(CC)N1OC(C)c1ccccc1.CCC1(C)CC(NC(=O)C(=O)OC)C(C)C(C)(CC)N1OC(C)c1ccccc1.CCC1(C)CC(NC(=O)CCC(=O)O)C(C)C(C)(CC)N1OC(C)c1ccccc1.CCC1(C)CC(NC(=O)CCC(=O)OC)C(C)C(C)(CC)N1OC(C)c1ccccc1.CCC1(C)CC(NC(=O)OC(C)(C)C)C(C)C(C)(CC)N1OC(C)c1ccccc1. The molecule has 148 heavy (non-hydrogen) atoms. The third-order valence-corrected chi connectivity index (χ3v) is 35.0. The van der Waals surface area contributed by atoms with E-state index in [0.29, 0.717) is 12.8 Å². The molecule has 0 radical (unpaired) electrons. The standard InChI is InChI=1S/C25H40N2O4.C25H42N2O3.C24H38N2O4.C23H36N2O4.C22H34N2O4/c1-8-24(5)17-21(26-22(28)15-16-23(29)30-7)18(3)25(6,9-2)27(24)31-19(4)20-13-11-10-12-14-20;1-10-24(8)17-21(26-22(28)29-23(5,6)7)18(3)25(9,11-2)27(24)30-19(4)20-15-13-12-14-16-20;1-7-23(5)16-20(25-21(27)14-15-22(28)29)17(3)24(6,8-2)26(23)30-18(4)19-12-10-9-11-13-19;1-8-22(5)15-19(24-20(26)21(27)28-7)16(3)23(6,9-2)25(22)29-17(4)18-13-11-10-12-14-18;1-7-21(5)14-18(23-19(25)20(26)27)15(3)22(6,8-2)24(21)28-16(4)17-12-10-9-11-13-17/h10-14,18-19,21H,8-9,15-17H2,1-7H3,(H,26,28);12-16,18-19,21H,10-11,17H2,1-9H3,(H,26,28);9-13,17-18,20H,7-8,14-16H2,1-6H3,(H,25,27)(H,28,29);10-14,16-17,19H,8-9,15H2,1-7H3,(H,24,26);9-13,15-16,18H,7-8,14H2,1-6H3,(H,23,25)(H,26,27). The maximum atomic E-state index is 12.6. The van der Waals surface area contributed by atoms with Gasteiger partial charge in [0.2, 0.25) is 11.8 Å². The lowest BCUT2D eigenvalue weighted by molar-refractivity contribution is -0.327. The number of nitrogens with zero attached hydrogens (tertiary/aromatic N) is 5. The molecule has 0 spiro atoms. The summed E-state index contributed by atoms with van der Waals surface area (Å²) in [5.41, 5.74) is 2.37. The number of methoxy groups -OCH3 is 2. The number of hydrogen-bond donors (Lipinski definition) is 7. The van der Waals surface area contributed by atoms with Gasteiger partial charge in [0.05, 0.1) is 27.1 Å². The zero-order valence-electron chi connectivity index (χ0n) is 96.6. The van der Waals surface area contributed by atoms with Gasteiger partial charge in [-0.25, -0.2) is 14.4 Å². The second-order valence-corrected chi connectivity index (χ2v) is 45.6. The predicted octanol–water partition coefficient (Wildman–Crippen LogP) is 23.7. The van der Waals surface area contributed by atoms with Crippen LogP contribution >= 0.6 is 0 Å². The molecule has 5 aromatic rings. The van der Waals surface area contributed by atoms with E-state index in [1.807, 2.05) is 119 Å². The van der Waals surface area contributed by atoms with Crippen molar-refractivity contribution in [3.8, 4) is 0 Å². The molecule has 0 aromatic heterocycles. The maximum absolute atomic E-state index is 12.6. The summed E-state index contributed by atoms with van der Waals surface area (Å²) in [5, 5.41) is 44.0. The third-order valence-electron chi connectivity index (χ3n) is 35.0. The van der Waals surface area contributed by atoms with E-state index in [9.17, 15) is 43.2 Å². The number of rotatable bonds is 36. The minimum Gasteiger partial charge on any atom is -0.481 e. The van der Waals surface area contributed by atoms with Crippen LogP contribution in [-0.2, 0) is 76.8 Å². The fourth-order valence-corrected chi connectivity index (χ4v) is 22.5. The Morgan fingerprint density at radius 3 is 0.730 bits per heavy atom. The number of carbonyl (C=O) groups excluding carboxylic acids is 7. The Labute approximate surface area is 887 Å². The van der Waals surface area contributed by atoms with Crippen LogP contribution in [0.1, 0.15) is 409 Å². The van der Waals surface area contributed by atoms with Crippen LogP contribution in [0.25, 0.3) is 0 Å². The first-order valence-corrected chi connectivity index (χ1v) is 54.6. The first-order chi connectivity index (χ1) is 69.2. The van der Waals surface area contributed by atoms with Gasteiger partial charge >= 0.3 is 41.8 Å². The maximum Gasteiger partial charge on any atom is 0.407 e. The smallest absolute Gasteiger partial charge is 0.407 e. The largest absolute Gasteiger partial charge is 0.481 e. The highest BCUT2D eigenvalue weighted by molar-refractivity contribution is 6.32. The minimum atomic E-state index is -1.44. The summed E-state index contributed by atoms with van der Waals surface area (Å²) < 4.78 is 14.8. The lowest BCUT2D eigenvalue weighted by atomic mass is 9.68. The summed E-state index contributed by atoms with van der Waals surface area (Å²) in [6, 6.07) is 50.7. The average molecular weight is 2060 g/mol. The number of ether oxygens (including phenoxy) is 3. The molecule has 0 bridgehead atoms. The number of hydroxylamine groups is 10. The van der Waals surface area contributed by atoms with Crippen LogP contribution < -0.4 is 26.6 Å². The number of amides is 5. The minimum absolute atomic E-state index is 0.00642. The summed E-state index contributed by atoms with van der Waals surface area (Å²) in [6.07, 6.45) is 11.7. The van der Waals surface area contributed by atoms with Gasteiger partial charge < -0.3 is 51.0 Å². The number of alkyl carbamates (subject to hydrolysis) is 1. The van der Waals surface area contributed by atoms with Crippen molar-refractivity contribution in [3.05, 3.63) is 179 Å². The van der Waals surface area contributed by atoms with E-state index in [1.54, 1.807) is 0 Å². The number of benzene rings is 5. The number of carbonyl (C=O) groups is 9. The van der Waals surface area contributed by atoms with Crippen LogP contribution in [0.2, 0.25) is 0 Å². The number of carboxylic acid groups (broad SMARTS) is 2. The van der Waals surface area contributed by atoms with Gasteiger partial charge in [-0.2, -0.15) is 25.3 Å². The van der Waals surface area contributed by atoms with Crippen molar-refractivity contribution in [2.45, 2.75) is 472 Å². The number of aliphatic carboxylic acids is 2. The van der Waals surface area contributed by atoms with E-state index >= 15 is 0 Å². The zero-order chi connectivity index (χ0) is 111. The average Bonchev–Trinajstić information content (AvgIpc) is 0.814. The highest BCUT2D eigenvalue weighted by Gasteiger charge is 2.61. The van der Waals surface area contributed by atoms with Gasteiger partial charge in [-0.05, 0) is 278 Å². The second-order valence-electron chi connectivity index (χ2n) is 45.6. The van der Waals surface area contributed by atoms with Gasteiger partial charge in [0.1, 0.15) is 36.1 Å². The number of carboxylic acids is 2. The van der Waals surface area contributed by atoms with Crippen LogP contribution in [0.4, 0.5) is 4.79 Å². The van der Waals surface area contributed by atoms with E-state index in [-0.39, 0.29) is 195 Å². The molecule has 5 heterocycles. The topological polar surface area (TPSA) is 344 Å². The monoisotopic (exact) mass is 2060 g/mol. The Hall–Kier alpha value is -9.27. The molecule has 5 fully saturated rings. The predicted molar refractivity (Wildman–Crippen MR) is 583 cm³/mol. The molecule has 5 aliphatic heterocycles. The van der Waals surface area contributed by atoms with E-state index < -0.39 is 35.3 Å². The van der Waals surface area contributed by atoms with E-state index in [2.05, 4.69) is 323 Å². The summed E-state index contributed by atoms with van der Waals surface area (Å²) >= 11 is 0. The van der Waals surface area contributed by atoms with E-state index in [4.69, 9.17) is 39.1 Å². The summed E-state index contributed by atoms with van der Waals surface area (Å²) in [5.74, 6) is -4.96. The molecular formula is C119H190N10O19. The van der Waals surface area contributed by atoms with Crippen molar-refractivity contribution in [2.24, 2.45) is 29.6 Å². The van der Waals surface area contributed by atoms with Gasteiger partial charge in [-0.1, -0.05) is 256 Å². The number of esters is 2. The van der Waals surface area contributed by atoms with Crippen molar-refractivity contribution in [1.29, 1.82) is 0 Å². The summed E-state index contributed by atoms with van der Waals surface area (Å²) in [4.78, 5) is 140. The van der Waals surface area contributed by atoms with E-state index in [1.165, 1.54) is 14.2 Å². The van der Waals surface area contributed by atoms with E-state index in [0.717, 1.165) is 111 Å². The lowest BCUT2D eigenvalue weighted by Crippen LogP contribution is -2.70. The van der Waals surface area contributed by atoms with Gasteiger partial charge in [-0.3, -0.25) is 53.0 Å². The molecule has 830 valence electrons. The fraction of sp³-hybridized carbons (Fsp3) is 0.672. The number of piperidine rings is 5. The molecule has 29 nitrogen and oxygen atoms in total. The molecule has 0 aliphatic carbocycles. The Balaban J connectivity index is 0.000000283. The lowest BCUT2D eigenvalue weighted by Gasteiger charge is -2.60. The molecule has 29 heteroatoms. The first kappa shape index (κ1) is 127. The molecule has 5 saturated heterocycles. The Morgan fingerprint density at radius 1 is 0.318 bits per heavy atom. The molecule has 10 rings (SSSR count). The Bertz CT molecular complexity index is 4990. The van der Waals surface area contributed by atoms with Crippen LogP contribution in [0.5, 0.6) is 0 Å². The molecule has 0 saturated carbocycles. The normalized spacial score (nSPS) is 30.9. The van der Waals surface area contributed by atoms with Crippen molar-refractivity contribution in [2.75, 3.05) is 14.2 Å². The summed E-state index contributed by atoms with van der Waals surface area (Å²) in [6.45, 7) is 70.3. The molecule has 5 aliphatic rings. The first-order valence-electron chi connectivity index (χ1n) is 54.6. The van der Waals surface area contributed by atoms with Crippen LogP contribution in [-0.4, -0.2) is 195 Å². The van der Waals surface area contributed by atoms with Crippen LogP contribution in [0.3, 0.4) is 0 Å². The summed E-state index contributed by atoms with van der Waals surface area (Å²) in [7, 11) is 2.56. The van der Waals surface area contributed by atoms with Crippen molar-refractivity contribution >= 4 is 53.6 Å². The Morgan fingerprint density at radius 2 is 0.534 bits per heavy atom. The fourth-order valence-electron chi connectivity index (χ4n) is 22.5. The molecule has 25 unspecified atom stereocenters. The zero-order valence-corrected chi connectivity index (χ0v) is 96.6. The Kier molecular flexibility index (Phi) is 47.6. The van der Waals surface area contributed by atoms with Crippen LogP contribution in [0.15, 0.2) is 152 Å². The molecule has 7 N–H and O–H groups in total. The highest BCUT2D eigenvalue weighted by Crippen LogP contribution is 2.54. The molecule has 5 aromatic carbocycles. The van der Waals surface area contributed by atoms with Gasteiger partial charge in [0, 0.05) is 98.4 Å². The highest BCUT2D eigenvalue weighted by atomic mass is 16.7. The molecule has 25 atom stereocenters. The van der Waals surface area contributed by atoms with Gasteiger partial charge in [-0.15, -0.1) is 0 Å². The van der Waals surface area contributed by atoms with Gasteiger partial charge in [0.15, 0.2) is 0 Å². The third kappa shape index (κ3) is 31.5. The van der Waals surface area contributed by atoms with Crippen LogP contribution in [0, 0.1) is 29.6 Å². The number of hydrogen-bond acceptors (Lipinski definition) is 22. The molecular weight excluding hydrogens is 1870 g/mol. The quantitative estimate of drug-likeness (QED) is 0.0111. The van der Waals surface area contributed by atoms with Crippen molar-refractivity contribution < 1.29 is 91.8 Å². The van der Waals surface area contributed by atoms with Crippen molar-refractivity contribution in [1.82, 2.24) is 51.9 Å². The second kappa shape index (κ2) is 55.3. The van der Waals surface area contributed by atoms with Crippen molar-refractivity contribution in [3.63, 3.8) is 0 Å². The number of nitrogens with one attached hydrogen (secondary N) is 5. The van der Waals surface area contributed by atoms with Gasteiger partial charge in [0.25, 0.3) is 0 Å². The molecule has 5 amide bonds.